The molecule has 0 spiro atoms. The van der Waals surface area contributed by atoms with E-state index in [1.807, 2.05) is 0 Å². The predicted molar refractivity (Wildman–Crippen MR) is 111 cm³/mol. The second-order valence-corrected chi connectivity index (χ2v) is 9.16. The van der Waals surface area contributed by atoms with E-state index in [4.69, 9.17) is 4.74 Å². The summed E-state index contributed by atoms with van der Waals surface area (Å²) >= 11 is 0. The second-order valence-electron chi connectivity index (χ2n) is 9.16. The summed E-state index contributed by atoms with van der Waals surface area (Å²) < 4.78 is 60.0. The van der Waals surface area contributed by atoms with E-state index in [0.717, 1.165) is 18.1 Å². The first-order valence-electron chi connectivity index (χ1n) is 11.6. The highest BCUT2D eigenvalue weighted by Gasteiger charge is 2.43. The number of ether oxygens (including phenoxy) is 1. The van der Waals surface area contributed by atoms with E-state index in [1.165, 1.54) is 44.9 Å². The van der Waals surface area contributed by atoms with Gasteiger partial charge in [0.2, 0.25) is 0 Å². The van der Waals surface area contributed by atoms with Crippen molar-refractivity contribution in [1.82, 2.24) is 0 Å². The fourth-order valence-electron chi connectivity index (χ4n) is 4.90. The van der Waals surface area contributed by atoms with Gasteiger partial charge < -0.3 is 4.74 Å². The van der Waals surface area contributed by atoms with Crippen molar-refractivity contribution in [2.24, 2.45) is 23.7 Å². The average molecular weight is 427 g/mol. The molecule has 2 aliphatic rings. The van der Waals surface area contributed by atoms with Gasteiger partial charge in [0, 0.05) is 6.07 Å². The first-order valence-corrected chi connectivity index (χ1v) is 11.6. The number of alkyl halides is 2. The van der Waals surface area contributed by atoms with Crippen LogP contribution in [0.4, 0.5) is 17.6 Å². The third-order valence-electron chi connectivity index (χ3n) is 6.90. The summed E-state index contributed by atoms with van der Waals surface area (Å²) in [5.41, 5.74) is 0. The zero-order valence-corrected chi connectivity index (χ0v) is 17.9. The highest BCUT2D eigenvalue weighted by Crippen LogP contribution is 2.41. The van der Waals surface area contributed by atoms with Crippen LogP contribution in [-0.2, 0) is 0 Å². The van der Waals surface area contributed by atoms with Crippen molar-refractivity contribution in [2.45, 2.75) is 83.7 Å². The molecule has 2 fully saturated rings. The topological polar surface area (TPSA) is 9.23 Å². The van der Waals surface area contributed by atoms with Crippen molar-refractivity contribution in [1.29, 1.82) is 0 Å². The first kappa shape index (κ1) is 23.1. The van der Waals surface area contributed by atoms with Crippen molar-refractivity contribution < 1.29 is 22.3 Å². The van der Waals surface area contributed by atoms with Crippen molar-refractivity contribution in [3.05, 3.63) is 42.0 Å². The minimum absolute atomic E-state index is 0.338. The van der Waals surface area contributed by atoms with Crippen molar-refractivity contribution in [3.8, 4) is 5.75 Å². The van der Waals surface area contributed by atoms with Gasteiger partial charge in [0.25, 0.3) is 0 Å². The van der Waals surface area contributed by atoms with E-state index >= 15 is 0 Å². The molecule has 1 aromatic rings. The molecule has 1 nitrogen and oxygen atoms in total. The monoisotopic (exact) mass is 426 g/mol. The number of halogens is 4. The summed E-state index contributed by atoms with van der Waals surface area (Å²) in [5.74, 6) is -1.62. The molecule has 0 saturated heterocycles. The van der Waals surface area contributed by atoms with Crippen molar-refractivity contribution >= 4 is 0 Å². The number of hydrogen-bond acceptors (Lipinski definition) is 1. The molecule has 30 heavy (non-hydrogen) atoms. The third kappa shape index (κ3) is 6.49. The van der Waals surface area contributed by atoms with Crippen LogP contribution in [0.25, 0.3) is 0 Å². The Morgan fingerprint density at radius 2 is 1.50 bits per heavy atom. The van der Waals surface area contributed by atoms with Crippen LogP contribution in [0, 0.1) is 35.3 Å². The van der Waals surface area contributed by atoms with Crippen molar-refractivity contribution in [2.75, 3.05) is 0 Å². The van der Waals surface area contributed by atoms with Crippen LogP contribution in [0.2, 0.25) is 0 Å². The van der Waals surface area contributed by atoms with Crippen LogP contribution in [0.1, 0.15) is 77.6 Å². The lowest BCUT2D eigenvalue weighted by molar-refractivity contribution is -0.223. The lowest BCUT2D eigenvalue weighted by Crippen LogP contribution is -2.37. The van der Waals surface area contributed by atoms with Gasteiger partial charge in [-0.05, 0) is 81.3 Å². The van der Waals surface area contributed by atoms with Crippen LogP contribution >= 0.6 is 0 Å². The van der Waals surface area contributed by atoms with Crippen LogP contribution in [-0.4, -0.2) is 6.11 Å². The zero-order chi connectivity index (χ0) is 21.6. The SMILES string of the molecule is CCCCC1CCC(/C=C/C2CCC(C(F)(F)Oc3ccc(F)c(F)c3)CC2)CC1. The molecule has 0 heterocycles. The zero-order valence-electron chi connectivity index (χ0n) is 17.9. The fraction of sp³-hybridized carbons (Fsp3) is 0.680. The summed E-state index contributed by atoms with van der Waals surface area (Å²) in [5, 5.41) is 0. The third-order valence-corrected chi connectivity index (χ3v) is 6.90. The van der Waals surface area contributed by atoms with Crippen LogP contribution in [0.3, 0.4) is 0 Å². The molecule has 5 heteroatoms. The maximum Gasteiger partial charge on any atom is 0.400 e. The number of allylic oxidation sites excluding steroid dienone is 2. The largest absolute Gasteiger partial charge is 0.432 e. The maximum atomic E-state index is 14.5. The van der Waals surface area contributed by atoms with Gasteiger partial charge >= 0.3 is 6.11 Å². The Morgan fingerprint density at radius 3 is 2.07 bits per heavy atom. The molecule has 0 aromatic heterocycles. The van der Waals surface area contributed by atoms with Gasteiger partial charge in [-0.2, -0.15) is 8.78 Å². The van der Waals surface area contributed by atoms with Gasteiger partial charge in [0.15, 0.2) is 11.6 Å². The minimum atomic E-state index is -3.38. The minimum Gasteiger partial charge on any atom is -0.432 e. The Hall–Kier alpha value is -1.52. The summed E-state index contributed by atoms with van der Waals surface area (Å²) in [6, 6.07) is 2.52. The van der Waals surface area contributed by atoms with E-state index in [1.54, 1.807) is 0 Å². The maximum absolute atomic E-state index is 14.5. The highest BCUT2D eigenvalue weighted by molar-refractivity contribution is 5.24. The van der Waals surface area contributed by atoms with Gasteiger partial charge in [0.05, 0.1) is 5.92 Å². The summed E-state index contributed by atoms with van der Waals surface area (Å²) in [6.07, 6.45) is 12.5. The predicted octanol–water partition coefficient (Wildman–Crippen LogP) is 8.30. The molecule has 3 rings (SSSR count). The molecule has 168 valence electrons. The summed E-state index contributed by atoms with van der Waals surface area (Å²) in [4.78, 5) is 0. The van der Waals surface area contributed by atoms with Crippen LogP contribution in [0.15, 0.2) is 30.4 Å². The number of unbranched alkanes of at least 4 members (excludes halogenated alkanes) is 1. The first-order chi connectivity index (χ1) is 14.4. The molecule has 0 aliphatic heterocycles. The molecular formula is C25H34F4O. The molecule has 2 saturated carbocycles. The molecule has 0 amide bonds. The quantitative estimate of drug-likeness (QED) is 0.300. The Kier molecular flexibility index (Phi) is 8.24. The number of hydrogen-bond donors (Lipinski definition) is 0. The average Bonchev–Trinajstić information content (AvgIpc) is 2.74. The molecule has 0 radical (unpaired) electrons. The van der Waals surface area contributed by atoms with E-state index in [2.05, 4.69) is 19.1 Å². The van der Waals surface area contributed by atoms with E-state index in [9.17, 15) is 17.6 Å². The highest BCUT2D eigenvalue weighted by atomic mass is 19.3. The number of benzene rings is 1. The molecule has 0 N–H and O–H groups in total. The van der Waals surface area contributed by atoms with E-state index < -0.39 is 23.7 Å². The van der Waals surface area contributed by atoms with Gasteiger partial charge in [-0.15, -0.1) is 0 Å². The Labute approximate surface area is 177 Å². The van der Waals surface area contributed by atoms with Crippen LogP contribution < -0.4 is 4.74 Å². The van der Waals surface area contributed by atoms with Crippen LogP contribution in [0.5, 0.6) is 5.75 Å². The lowest BCUT2D eigenvalue weighted by atomic mass is 9.78. The standard InChI is InChI=1S/C25H34F4O/c1-2-3-4-18-5-7-19(8-6-18)9-10-20-11-13-21(14-12-20)25(28,29)30-22-15-16-23(26)24(27)17-22/h9-10,15-21H,2-8,11-14H2,1H3/b10-9+. The molecule has 0 unspecified atom stereocenters. The Balaban J connectivity index is 1.42. The Morgan fingerprint density at radius 1 is 0.900 bits per heavy atom. The van der Waals surface area contributed by atoms with Crippen molar-refractivity contribution in [3.63, 3.8) is 0 Å². The van der Waals surface area contributed by atoms with Gasteiger partial charge in [0.1, 0.15) is 5.75 Å². The van der Waals surface area contributed by atoms with Gasteiger partial charge in [-0.3, -0.25) is 0 Å². The Bertz CT molecular complexity index is 686. The smallest absolute Gasteiger partial charge is 0.400 e. The fourth-order valence-corrected chi connectivity index (χ4v) is 4.90. The summed E-state index contributed by atoms with van der Waals surface area (Å²) in [7, 11) is 0. The molecule has 0 atom stereocenters. The van der Waals surface area contributed by atoms with Gasteiger partial charge in [-0.25, -0.2) is 8.78 Å². The summed E-state index contributed by atoms with van der Waals surface area (Å²) in [6.45, 7) is 2.24. The molecule has 0 bridgehead atoms. The lowest BCUT2D eigenvalue weighted by Gasteiger charge is -2.32. The van der Waals surface area contributed by atoms with E-state index in [-0.39, 0.29) is 5.75 Å². The molecule has 2 aliphatic carbocycles. The molecule has 1 aromatic carbocycles. The van der Waals surface area contributed by atoms with Gasteiger partial charge in [-0.1, -0.05) is 38.3 Å². The molecular weight excluding hydrogens is 392 g/mol. The number of rotatable bonds is 8. The second kappa shape index (κ2) is 10.7. The van der Waals surface area contributed by atoms with E-state index in [0.29, 0.717) is 43.6 Å². The normalized spacial score (nSPS) is 28.0.